The number of rotatable bonds is 2. The highest BCUT2D eigenvalue weighted by atomic mass is 16.5. The number of aliphatic carboxylic acids is 1. The van der Waals surface area contributed by atoms with Crippen molar-refractivity contribution in [3.8, 4) is 0 Å². The Kier molecular flexibility index (Phi) is 3.43. The molecule has 2 fully saturated rings. The number of hydrogen-bond acceptors (Lipinski definition) is 3. The Balaban J connectivity index is 1.88. The molecule has 0 aromatic rings. The van der Waals surface area contributed by atoms with Gasteiger partial charge in [-0.05, 0) is 25.7 Å². The monoisotopic (exact) mass is 227 g/mol. The lowest BCUT2D eigenvalue weighted by atomic mass is 10.1. The number of carboxylic acid groups (broad SMARTS) is 1. The first kappa shape index (κ1) is 11.4. The zero-order valence-electron chi connectivity index (χ0n) is 9.22. The smallest absolute Gasteiger partial charge is 0.308 e. The lowest BCUT2D eigenvalue weighted by Crippen LogP contribution is -2.41. The predicted octanol–water partition coefficient (Wildman–Crippen LogP) is 0.489. The van der Waals surface area contributed by atoms with Gasteiger partial charge >= 0.3 is 5.97 Å². The number of nitrogens with zero attached hydrogens (tertiary/aromatic N) is 1. The third kappa shape index (κ3) is 2.35. The molecule has 16 heavy (non-hydrogen) atoms. The fourth-order valence-corrected chi connectivity index (χ4v) is 2.30. The minimum atomic E-state index is -0.806. The van der Waals surface area contributed by atoms with E-state index in [4.69, 9.17) is 9.84 Å². The van der Waals surface area contributed by atoms with Crippen LogP contribution in [0.3, 0.4) is 0 Å². The molecule has 0 radical (unpaired) electrons. The summed E-state index contributed by atoms with van der Waals surface area (Å²) in [4.78, 5) is 24.4. The SMILES string of the molecule is O=C(O)C1CCN(C(=O)C2CCCCO2)C1. The summed E-state index contributed by atoms with van der Waals surface area (Å²) in [5.41, 5.74) is 0. The third-order valence-corrected chi connectivity index (χ3v) is 3.30. The van der Waals surface area contributed by atoms with Crippen molar-refractivity contribution >= 4 is 11.9 Å². The molecule has 1 amide bonds. The lowest BCUT2D eigenvalue weighted by Gasteiger charge is -2.26. The maximum atomic E-state index is 12.0. The Hall–Kier alpha value is -1.10. The Morgan fingerprint density at radius 1 is 1.25 bits per heavy atom. The number of carbonyl (C=O) groups is 2. The first-order valence-corrected chi connectivity index (χ1v) is 5.81. The van der Waals surface area contributed by atoms with Gasteiger partial charge < -0.3 is 14.7 Å². The van der Waals surface area contributed by atoms with E-state index in [1.807, 2.05) is 0 Å². The molecule has 2 rings (SSSR count). The Bertz CT molecular complexity index is 286. The molecule has 2 atom stereocenters. The van der Waals surface area contributed by atoms with Gasteiger partial charge in [-0.1, -0.05) is 0 Å². The Labute approximate surface area is 94.4 Å². The first-order chi connectivity index (χ1) is 7.68. The van der Waals surface area contributed by atoms with Gasteiger partial charge in [-0.3, -0.25) is 9.59 Å². The zero-order chi connectivity index (χ0) is 11.5. The molecule has 0 spiro atoms. The standard InChI is InChI=1S/C11H17NO4/c13-10(9-3-1-2-6-16-9)12-5-4-8(7-12)11(14)15/h8-9H,1-7H2,(H,14,15). The van der Waals surface area contributed by atoms with E-state index in [-0.39, 0.29) is 12.0 Å². The molecule has 90 valence electrons. The minimum absolute atomic E-state index is 0.0246. The van der Waals surface area contributed by atoms with E-state index in [0.29, 0.717) is 26.1 Å². The van der Waals surface area contributed by atoms with Gasteiger partial charge in [0.1, 0.15) is 6.10 Å². The molecule has 0 bridgehead atoms. The second kappa shape index (κ2) is 4.82. The molecule has 0 aliphatic carbocycles. The van der Waals surface area contributed by atoms with Crippen molar-refractivity contribution in [3.05, 3.63) is 0 Å². The molecule has 2 unspecified atom stereocenters. The van der Waals surface area contributed by atoms with E-state index in [1.165, 1.54) is 0 Å². The number of hydrogen-bond donors (Lipinski definition) is 1. The molecule has 0 saturated carbocycles. The van der Waals surface area contributed by atoms with Gasteiger partial charge in [-0.15, -0.1) is 0 Å². The maximum Gasteiger partial charge on any atom is 0.308 e. The van der Waals surface area contributed by atoms with Crippen LogP contribution in [0.25, 0.3) is 0 Å². The molecular weight excluding hydrogens is 210 g/mol. The van der Waals surface area contributed by atoms with Crippen molar-refractivity contribution in [1.82, 2.24) is 4.90 Å². The van der Waals surface area contributed by atoms with Gasteiger partial charge in [0.05, 0.1) is 5.92 Å². The highest BCUT2D eigenvalue weighted by Gasteiger charge is 2.34. The summed E-state index contributed by atoms with van der Waals surface area (Å²) in [6, 6.07) is 0. The second-order valence-electron chi connectivity index (χ2n) is 4.46. The van der Waals surface area contributed by atoms with Crippen molar-refractivity contribution in [2.75, 3.05) is 19.7 Å². The average molecular weight is 227 g/mol. The number of ether oxygens (including phenoxy) is 1. The Morgan fingerprint density at radius 2 is 2.06 bits per heavy atom. The molecule has 0 aromatic heterocycles. The summed E-state index contributed by atoms with van der Waals surface area (Å²) in [6.45, 7) is 1.54. The van der Waals surface area contributed by atoms with Crippen LogP contribution in [0.15, 0.2) is 0 Å². The molecule has 2 aliphatic rings. The van der Waals surface area contributed by atoms with Crippen LogP contribution in [0.1, 0.15) is 25.7 Å². The van der Waals surface area contributed by atoms with E-state index >= 15 is 0 Å². The van der Waals surface area contributed by atoms with Crippen molar-refractivity contribution in [1.29, 1.82) is 0 Å². The summed E-state index contributed by atoms with van der Waals surface area (Å²) in [5, 5.41) is 8.85. The van der Waals surface area contributed by atoms with E-state index in [0.717, 1.165) is 19.3 Å². The summed E-state index contributed by atoms with van der Waals surface area (Å²) in [7, 11) is 0. The highest BCUT2D eigenvalue weighted by Crippen LogP contribution is 2.21. The molecule has 2 aliphatic heterocycles. The molecule has 5 heteroatoms. The Morgan fingerprint density at radius 3 is 2.62 bits per heavy atom. The molecular formula is C11H17NO4. The van der Waals surface area contributed by atoms with Gasteiger partial charge in [0.15, 0.2) is 0 Å². The van der Waals surface area contributed by atoms with Gasteiger partial charge in [0.2, 0.25) is 0 Å². The van der Waals surface area contributed by atoms with Gasteiger partial charge in [-0.2, -0.15) is 0 Å². The molecule has 1 N–H and O–H groups in total. The number of likely N-dealkylation sites (tertiary alicyclic amines) is 1. The van der Waals surface area contributed by atoms with E-state index < -0.39 is 11.9 Å². The highest BCUT2D eigenvalue weighted by molar-refractivity contribution is 5.82. The van der Waals surface area contributed by atoms with Crippen LogP contribution in [0.4, 0.5) is 0 Å². The topological polar surface area (TPSA) is 66.8 Å². The van der Waals surface area contributed by atoms with Crippen molar-refractivity contribution in [3.63, 3.8) is 0 Å². The van der Waals surface area contributed by atoms with E-state index in [9.17, 15) is 9.59 Å². The third-order valence-electron chi connectivity index (χ3n) is 3.30. The van der Waals surface area contributed by atoms with Crippen molar-refractivity contribution in [2.24, 2.45) is 5.92 Å². The van der Waals surface area contributed by atoms with Crippen LogP contribution in [0.2, 0.25) is 0 Å². The number of carboxylic acids is 1. The van der Waals surface area contributed by atoms with Crippen LogP contribution in [-0.4, -0.2) is 47.7 Å². The van der Waals surface area contributed by atoms with Crippen LogP contribution in [0.5, 0.6) is 0 Å². The van der Waals surface area contributed by atoms with Crippen LogP contribution in [-0.2, 0) is 14.3 Å². The van der Waals surface area contributed by atoms with Gasteiger partial charge in [0.25, 0.3) is 5.91 Å². The quantitative estimate of drug-likeness (QED) is 0.745. The van der Waals surface area contributed by atoms with Crippen LogP contribution >= 0.6 is 0 Å². The minimum Gasteiger partial charge on any atom is -0.481 e. The van der Waals surface area contributed by atoms with Crippen LogP contribution in [0, 0.1) is 5.92 Å². The fraction of sp³-hybridized carbons (Fsp3) is 0.818. The summed E-state index contributed by atoms with van der Waals surface area (Å²) in [5.74, 6) is -1.23. The van der Waals surface area contributed by atoms with Gasteiger partial charge in [-0.25, -0.2) is 0 Å². The maximum absolute atomic E-state index is 12.0. The molecule has 0 aromatic carbocycles. The normalized spacial score (nSPS) is 30.4. The van der Waals surface area contributed by atoms with E-state index in [1.54, 1.807) is 4.90 Å². The van der Waals surface area contributed by atoms with Crippen molar-refractivity contribution in [2.45, 2.75) is 31.8 Å². The molecule has 2 heterocycles. The second-order valence-corrected chi connectivity index (χ2v) is 4.46. The lowest BCUT2D eigenvalue weighted by molar-refractivity contribution is -0.146. The summed E-state index contributed by atoms with van der Waals surface area (Å²) in [6.07, 6.45) is 3.04. The predicted molar refractivity (Wildman–Crippen MR) is 55.9 cm³/mol. The van der Waals surface area contributed by atoms with Crippen LogP contribution < -0.4 is 0 Å². The molecule has 5 nitrogen and oxygen atoms in total. The first-order valence-electron chi connectivity index (χ1n) is 5.81. The summed E-state index contributed by atoms with van der Waals surface area (Å²) >= 11 is 0. The average Bonchev–Trinajstić information content (AvgIpc) is 2.78. The summed E-state index contributed by atoms with van der Waals surface area (Å²) < 4.78 is 5.41. The largest absolute Gasteiger partial charge is 0.481 e. The molecule has 2 saturated heterocycles. The van der Waals surface area contributed by atoms with Crippen molar-refractivity contribution < 1.29 is 19.4 Å². The van der Waals surface area contributed by atoms with E-state index in [2.05, 4.69) is 0 Å². The fourth-order valence-electron chi connectivity index (χ4n) is 2.30. The number of amides is 1. The zero-order valence-corrected chi connectivity index (χ0v) is 9.22. The van der Waals surface area contributed by atoms with Gasteiger partial charge in [0, 0.05) is 19.7 Å². The number of carbonyl (C=O) groups excluding carboxylic acids is 1.